The molecule has 13 heavy (non-hydrogen) atoms. The Morgan fingerprint density at radius 1 is 1.38 bits per heavy atom. The number of methoxy groups -OCH3 is 1. The molecule has 0 amide bonds. The molecule has 0 unspecified atom stereocenters. The number of ether oxygens (including phenoxy) is 1. The highest BCUT2D eigenvalue weighted by atomic mass is 17.0. The van der Waals surface area contributed by atoms with Crippen LogP contribution >= 0.6 is 0 Å². The van der Waals surface area contributed by atoms with E-state index in [2.05, 4.69) is 11.8 Å². The van der Waals surface area contributed by atoms with Gasteiger partial charge in [-0.05, 0) is 25.2 Å². The Hall–Kier alpha value is -0.840. The molecule has 0 aromatic rings. The Balaban J connectivity index is 2.47. The van der Waals surface area contributed by atoms with Crippen molar-refractivity contribution in [2.45, 2.75) is 38.4 Å². The molecule has 1 rings (SSSR count). The summed E-state index contributed by atoms with van der Waals surface area (Å²) in [6, 6.07) is 0. The first-order valence-corrected chi connectivity index (χ1v) is 4.47. The van der Waals surface area contributed by atoms with Crippen LogP contribution in [0.15, 0.2) is 0 Å². The van der Waals surface area contributed by atoms with Gasteiger partial charge in [0.05, 0.1) is 6.10 Å². The quantitative estimate of drug-likeness (QED) is 0.497. The number of nitrogens with zero attached hydrogens (tertiary/aromatic N) is 1. The molecule has 0 bridgehead atoms. The summed E-state index contributed by atoms with van der Waals surface area (Å²) in [7, 11) is 1.57. The first-order chi connectivity index (χ1) is 6.13. The van der Waals surface area contributed by atoms with E-state index in [-0.39, 0.29) is 12.2 Å². The van der Waals surface area contributed by atoms with E-state index in [4.69, 9.17) is 4.74 Å². The van der Waals surface area contributed by atoms with Gasteiger partial charge in [0.15, 0.2) is 0 Å². The van der Waals surface area contributed by atoms with Gasteiger partial charge < -0.3 is 9.57 Å². The SMILES string of the molecule is CO[C@H]1C[C@H](C)CC[C@@H]1O[N+](=O)[O-]. The van der Waals surface area contributed by atoms with E-state index in [0.717, 1.165) is 12.8 Å². The fourth-order valence-electron chi connectivity index (χ4n) is 1.78. The molecule has 0 aliphatic heterocycles. The monoisotopic (exact) mass is 189 g/mol. The van der Waals surface area contributed by atoms with Crippen molar-refractivity contribution in [2.75, 3.05) is 7.11 Å². The van der Waals surface area contributed by atoms with Gasteiger partial charge in [0.1, 0.15) is 6.10 Å². The molecule has 76 valence electrons. The van der Waals surface area contributed by atoms with Crippen molar-refractivity contribution in [3.8, 4) is 0 Å². The van der Waals surface area contributed by atoms with Gasteiger partial charge in [0, 0.05) is 7.11 Å². The van der Waals surface area contributed by atoms with E-state index in [1.807, 2.05) is 0 Å². The zero-order valence-electron chi connectivity index (χ0n) is 7.93. The molecule has 3 atom stereocenters. The summed E-state index contributed by atoms with van der Waals surface area (Å²) >= 11 is 0. The minimum absolute atomic E-state index is 0.130. The Kier molecular flexibility index (Phi) is 3.48. The molecule has 0 heterocycles. The molecule has 1 aliphatic rings. The molecular formula is C8H15NO4. The third kappa shape index (κ3) is 2.84. The van der Waals surface area contributed by atoms with Crippen molar-refractivity contribution in [3.05, 3.63) is 10.1 Å². The van der Waals surface area contributed by atoms with Gasteiger partial charge in [0.25, 0.3) is 5.09 Å². The van der Waals surface area contributed by atoms with E-state index >= 15 is 0 Å². The molecule has 0 aromatic heterocycles. The largest absolute Gasteiger partial charge is 0.379 e. The lowest BCUT2D eigenvalue weighted by Crippen LogP contribution is -2.37. The number of hydrogen-bond acceptors (Lipinski definition) is 4. The normalized spacial score (nSPS) is 34.2. The molecule has 0 aromatic carbocycles. The first-order valence-electron chi connectivity index (χ1n) is 4.47. The summed E-state index contributed by atoms with van der Waals surface area (Å²) < 4.78 is 5.15. The second-order valence-electron chi connectivity index (χ2n) is 3.56. The van der Waals surface area contributed by atoms with Crippen molar-refractivity contribution in [1.29, 1.82) is 0 Å². The van der Waals surface area contributed by atoms with E-state index in [0.29, 0.717) is 12.3 Å². The second-order valence-corrected chi connectivity index (χ2v) is 3.56. The van der Waals surface area contributed by atoms with Crippen LogP contribution in [0, 0.1) is 16.0 Å². The van der Waals surface area contributed by atoms with Crippen LogP contribution in [0.25, 0.3) is 0 Å². The average molecular weight is 189 g/mol. The molecular weight excluding hydrogens is 174 g/mol. The highest BCUT2D eigenvalue weighted by Crippen LogP contribution is 2.27. The zero-order valence-corrected chi connectivity index (χ0v) is 7.93. The van der Waals surface area contributed by atoms with Crippen LogP contribution in [-0.2, 0) is 9.57 Å². The van der Waals surface area contributed by atoms with Crippen LogP contribution in [0.4, 0.5) is 0 Å². The third-order valence-corrected chi connectivity index (χ3v) is 2.52. The second kappa shape index (κ2) is 4.41. The zero-order chi connectivity index (χ0) is 9.84. The lowest BCUT2D eigenvalue weighted by molar-refractivity contribution is -0.771. The molecule has 1 aliphatic carbocycles. The van der Waals surface area contributed by atoms with Gasteiger partial charge in [-0.3, -0.25) is 0 Å². The fraction of sp³-hybridized carbons (Fsp3) is 1.00. The maximum absolute atomic E-state index is 10.1. The fourth-order valence-corrected chi connectivity index (χ4v) is 1.78. The molecule has 0 radical (unpaired) electrons. The van der Waals surface area contributed by atoms with Gasteiger partial charge >= 0.3 is 0 Å². The molecule has 1 saturated carbocycles. The van der Waals surface area contributed by atoms with Gasteiger partial charge in [-0.2, -0.15) is 0 Å². The molecule has 0 saturated heterocycles. The van der Waals surface area contributed by atoms with Gasteiger partial charge in [-0.15, -0.1) is 10.1 Å². The maximum atomic E-state index is 10.1. The minimum atomic E-state index is -0.729. The van der Waals surface area contributed by atoms with Crippen LogP contribution in [0.2, 0.25) is 0 Å². The lowest BCUT2D eigenvalue weighted by Gasteiger charge is -2.31. The smallest absolute Gasteiger partial charge is 0.294 e. The van der Waals surface area contributed by atoms with Crippen molar-refractivity contribution in [2.24, 2.45) is 5.92 Å². The summed E-state index contributed by atoms with van der Waals surface area (Å²) in [6.07, 6.45) is 2.01. The van der Waals surface area contributed by atoms with Crippen LogP contribution in [0.1, 0.15) is 26.2 Å². The van der Waals surface area contributed by atoms with E-state index in [1.54, 1.807) is 7.11 Å². The Morgan fingerprint density at radius 2 is 2.08 bits per heavy atom. The Labute approximate surface area is 77.1 Å². The summed E-state index contributed by atoms with van der Waals surface area (Å²) in [6.45, 7) is 2.12. The lowest BCUT2D eigenvalue weighted by atomic mass is 9.86. The van der Waals surface area contributed by atoms with E-state index in [9.17, 15) is 10.1 Å². The molecule has 5 heteroatoms. The van der Waals surface area contributed by atoms with Gasteiger partial charge in [0.2, 0.25) is 0 Å². The minimum Gasteiger partial charge on any atom is -0.379 e. The van der Waals surface area contributed by atoms with Crippen molar-refractivity contribution in [3.63, 3.8) is 0 Å². The third-order valence-electron chi connectivity index (χ3n) is 2.52. The predicted molar refractivity (Wildman–Crippen MR) is 45.7 cm³/mol. The van der Waals surface area contributed by atoms with Crippen molar-refractivity contribution < 1.29 is 14.7 Å². The summed E-state index contributed by atoms with van der Waals surface area (Å²) in [5, 5.41) is 9.41. The average Bonchev–Trinajstić information content (AvgIpc) is 2.07. The van der Waals surface area contributed by atoms with E-state index < -0.39 is 5.09 Å². The van der Waals surface area contributed by atoms with Crippen LogP contribution < -0.4 is 0 Å². The number of rotatable bonds is 3. The standard InChI is InChI=1S/C8H15NO4/c1-6-3-4-7(13-9(10)11)8(5-6)12-2/h6-8H,3-5H2,1-2H3/t6-,7+,8+/m1/s1. The highest BCUT2D eigenvalue weighted by molar-refractivity contribution is 4.78. The molecule has 0 spiro atoms. The van der Waals surface area contributed by atoms with Crippen molar-refractivity contribution >= 4 is 0 Å². The van der Waals surface area contributed by atoms with Crippen LogP contribution in [-0.4, -0.2) is 24.4 Å². The maximum Gasteiger partial charge on any atom is 0.294 e. The first kappa shape index (κ1) is 10.2. The summed E-state index contributed by atoms with van der Waals surface area (Å²) in [5.74, 6) is 0.566. The Bertz CT molecular complexity index is 185. The van der Waals surface area contributed by atoms with Gasteiger partial charge in [-0.25, -0.2) is 0 Å². The van der Waals surface area contributed by atoms with E-state index in [1.165, 1.54) is 0 Å². The van der Waals surface area contributed by atoms with Crippen LogP contribution in [0.5, 0.6) is 0 Å². The summed E-state index contributed by atoms with van der Waals surface area (Å²) in [4.78, 5) is 14.7. The summed E-state index contributed by atoms with van der Waals surface area (Å²) in [5.41, 5.74) is 0. The van der Waals surface area contributed by atoms with Gasteiger partial charge in [-0.1, -0.05) is 6.92 Å². The Morgan fingerprint density at radius 3 is 2.62 bits per heavy atom. The van der Waals surface area contributed by atoms with Crippen LogP contribution in [0.3, 0.4) is 0 Å². The predicted octanol–water partition coefficient (Wildman–Crippen LogP) is 1.40. The molecule has 5 nitrogen and oxygen atoms in total. The molecule has 0 N–H and O–H groups in total. The topological polar surface area (TPSA) is 61.6 Å². The highest BCUT2D eigenvalue weighted by Gasteiger charge is 2.31. The molecule has 1 fully saturated rings. The number of hydrogen-bond donors (Lipinski definition) is 0. The van der Waals surface area contributed by atoms with Crippen molar-refractivity contribution in [1.82, 2.24) is 0 Å².